The largest absolute Gasteiger partial charge is 0.496 e. The normalized spacial score (nSPS) is 22.3. The van der Waals surface area contributed by atoms with Gasteiger partial charge in [0.1, 0.15) is 5.76 Å². The Morgan fingerprint density at radius 2 is 2.31 bits per heavy atom. The maximum absolute atomic E-state index is 8.74. The Balaban J connectivity index is 2.99. The van der Waals surface area contributed by atoms with Crippen molar-refractivity contribution in [3.05, 3.63) is 21.9 Å². The Kier molecular flexibility index (Phi) is 3.52. The average molecular weight is 244 g/mol. The van der Waals surface area contributed by atoms with Gasteiger partial charge in [0, 0.05) is 19.1 Å². The molecule has 3 nitrogen and oxygen atoms in total. The molecule has 70 valence electrons. The number of rotatable bonds is 2. The number of halogens is 1. The van der Waals surface area contributed by atoms with E-state index >= 15 is 0 Å². The summed E-state index contributed by atoms with van der Waals surface area (Å²) in [7, 11) is 3.18. The first kappa shape index (κ1) is 10.3. The van der Waals surface area contributed by atoms with Crippen LogP contribution in [0.2, 0.25) is 0 Å². The molecule has 0 aromatic heterocycles. The minimum absolute atomic E-state index is 0.102. The Labute approximate surface area is 85.8 Å². The third kappa shape index (κ3) is 2.11. The Hall–Kier alpha value is -0.790. The molecule has 13 heavy (non-hydrogen) atoms. The minimum atomic E-state index is -0.102. The number of nitrogens with zero attached hydrogens (tertiary/aromatic N) is 1. The highest BCUT2D eigenvalue weighted by Crippen LogP contribution is 2.30. The topological polar surface area (TPSA) is 42.2 Å². The maximum Gasteiger partial charge on any atom is 0.132 e. The smallest absolute Gasteiger partial charge is 0.132 e. The molecule has 0 N–H and O–H groups in total. The summed E-state index contributed by atoms with van der Waals surface area (Å²) in [6, 6.07) is 2.10. The van der Waals surface area contributed by atoms with Gasteiger partial charge in [-0.15, -0.1) is 0 Å². The zero-order valence-corrected chi connectivity index (χ0v) is 9.09. The zero-order valence-electron chi connectivity index (χ0n) is 7.50. The number of ether oxygens (including phenoxy) is 2. The van der Waals surface area contributed by atoms with Crippen LogP contribution in [0.5, 0.6) is 0 Å². The van der Waals surface area contributed by atoms with E-state index in [-0.39, 0.29) is 6.10 Å². The van der Waals surface area contributed by atoms with Gasteiger partial charge in [-0.05, 0) is 22.0 Å². The lowest BCUT2D eigenvalue weighted by Gasteiger charge is -2.20. The van der Waals surface area contributed by atoms with Crippen LogP contribution in [-0.2, 0) is 9.47 Å². The van der Waals surface area contributed by atoms with E-state index < -0.39 is 0 Å². The Morgan fingerprint density at radius 1 is 1.62 bits per heavy atom. The van der Waals surface area contributed by atoms with Crippen molar-refractivity contribution < 1.29 is 9.47 Å². The van der Waals surface area contributed by atoms with Crippen LogP contribution in [0.4, 0.5) is 0 Å². The van der Waals surface area contributed by atoms with Gasteiger partial charge in [-0.2, -0.15) is 5.26 Å². The molecule has 0 radical (unpaired) electrons. The maximum atomic E-state index is 8.74. The number of methoxy groups -OCH3 is 2. The molecule has 0 amide bonds. The van der Waals surface area contributed by atoms with Crippen molar-refractivity contribution in [3.63, 3.8) is 0 Å². The van der Waals surface area contributed by atoms with Crippen molar-refractivity contribution in [2.75, 3.05) is 14.2 Å². The molecule has 0 saturated carbocycles. The molecule has 4 heteroatoms. The van der Waals surface area contributed by atoms with Crippen molar-refractivity contribution in [3.8, 4) is 6.07 Å². The van der Waals surface area contributed by atoms with Crippen LogP contribution in [0.3, 0.4) is 0 Å². The first-order valence-corrected chi connectivity index (χ1v) is 4.59. The quantitative estimate of drug-likeness (QED) is 0.747. The van der Waals surface area contributed by atoms with E-state index in [4.69, 9.17) is 14.7 Å². The molecule has 1 aliphatic rings. The Bertz CT molecular complexity index is 301. The lowest BCUT2D eigenvalue weighted by molar-refractivity contribution is 0.132. The van der Waals surface area contributed by atoms with E-state index in [0.717, 1.165) is 4.48 Å². The minimum Gasteiger partial charge on any atom is -0.496 e. The van der Waals surface area contributed by atoms with Gasteiger partial charge in [0.05, 0.1) is 23.8 Å². The zero-order chi connectivity index (χ0) is 9.84. The number of hydrogen-bond acceptors (Lipinski definition) is 3. The molecule has 1 atom stereocenters. The standard InChI is InChI=1S/C9H10BrNO2/c1-12-7-3-6(5-11)4-8(13-2)9(7)10/h3,8H,4H2,1-2H3. The average Bonchev–Trinajstić information content (AvgIpc) is 2.18. The summed E-state index contributed by atoms with van der Waals surface area (Å²) in [5, 5.41) is 8.74. The van der Waals surface area contributed by atoms with Gasteiger partial charge in [-0.1, -0.05) is 0 Å². The molecule has 0 bridgehead atoms. The van der Waals surface area contributed by atoms with Gasteiger partial charge in [-0.25, -0.2) is 0 Å². The van der Waals surface area contributed by atoms with E-state index in [1.54, 1.807) is 20.3 Å². The molecule has 1 aliphatic carbocycles. The second-order valence-corrected chi connectivity index (χ2v) is 3.48. The van der Waals surface area contributed by atoms with Crippen molar-refractivity contribution in [1.82, 2.24) is 0 Å². The van der Waals surface area contributed by atoms with Crippen molar-refractivity contribution in [2.45, 2.75) is 12.5 Å². The SMILES string of the molecule is COC1=C(Br)C(OC)CC(C#N)=C1. The molecular weight excluding hydrogens is 234 g/mol. The summed E-state index contributed by atoms with van der Waals surface area (Å²) in [5.74, 6) is 0.662. The first-order chi connectivity index (χ1) is 6.22. The predicted molar refractivity (Wildman–Crippen MR) is 52.1 cm³/mol. The summed E-state index contributed by atoms with van der Waals surface area (Å²) in [6.07, 6.45) is 2.22. The van der Waals surface area contributed by atoms with Crippen LogP contribution >= 0.6 is 15.9 Å². The predicted octanol–water partition coefficient (Wildman–Crippen LogP) is 2.11. The molecule has 0 spiro atoms. The van der Waals surface area contributed by atoms with Crippen LogP contribution in [-0.4, -0.2) is 20.3 Å². The van der Waals surface area contributed by atoms with Crippen LogP contribution in [0.25, 0.3) is 0 Å². The monoisotopic (exact) mass is 243 g/mol. The summed E-state index contributed by atoms with van der Waals surface area (Å²) in [5.41, 5.74) is 0.673. The fourth-order valence-corrected chi connectivity index (χ4v) is 1.78. The number of nitriles is 1. The second kappa shape index (κ2) is 4.45. The lowest BCUT2D eigenvalue weighted by Crippen LogP contribution is -2.16. The third-order valence-corrected chi connectivity index (χ3v) is 2.78. The molecule has 1 unspecified atom stereocenters. The van der Waals surface area contributed by atoms with Crippen molar-refractivity contribution in [1.29, 1.82) is 5.26 Å². The van der Waals surface area contributed by atoms with Gasteiger partial charge in [0.15, 0.2) is 0 Å². The van der Waals surface area contributed by atoms with E-state index in [2.05, 4.69) is 22.0 Å². The molecule has 0 aromatic carbocycles. The van der Waals surface area contributed by atoms with Crippen LogP contribution in [0.15, 0.2) is 21.9 Å². The van der Waals surface area contributed by atoms with Crippen LogP contribution in [0, 0.1) is 11.3 Å². The summed E-state index contributed by atoms with van der Waals surface area (Å²) < 4.78 is 11.1. The second-order valence-electron chi connectivity index (χ2n) is 2.63. The first-order valence-electron chi connectivity index (χ1n) is 3.80. The third-order valence-electron chi connectivity index (χ3n) is 1.88. The van der Waals surface area contributed by atoms with Gasteiger partial charge in [-0.3, -0.25) is 0 Å². The molecule has 1 rings (SSSR count). The fraction of sp³-hybridized carbons (Fsp3) is 0.444. The fourth-order valence-electron chi connectivity index (χ4n) is 1.16. The van der Waals surface area contributed by atoms with Crippen molar-refractivity contribution >= 4 is 15.9 Å². The van der Waals surface area contributed by atoms with E-state index in [9.17, 15) is 0 Å². The molecule has 0 saturated heterocycles. The summed E-state index contributed by atoms with van der Waals surface area (Å²) in [4.78, 5) is 0. The highest BCUT2D eigenvalue weighted by atomic mass is 79.9. The van der Waals surface area contributed by atoms with Gasteiger partial charge >= 0.3 is 0 Å². The van der Waals surface area contributed by atoms with Gasteiger partial charge in [0.25, 0.3) is 0 Å². The molecule has 0 aromatic rings. The number of hydrogen-bond donors (Lipinski definition) is 0. The van der Waals surface area contributed by atoms with Crippen LogP contribution in [0.1, 0.15) is 6.42 Å². The molecule has 0 fully saturated rings. The molecule has 0 aliphatic heterocycles. The molecular formula is C9H10BrNO2. The van der Waals surface area contributed by atoms with E-state index in [0.29, 0.717) is 17.8 Å². The van der Waals surface area contributed by atoms with Crippen molar-refractivity contribution in [2.24, 2.45) is 0 Å². The lowest BCUT2D eigenvalue weighted by atomic mass is 10.0. The van der Waals surface area contributed by atoms with E-state index in [1.807, 2.05) is 0 Å². The summed E-state index contributed by atoms with van der Waals surface area (Å²) in [6.45, 7) is 0. The van der Waals surface area contributed by atoms with Crippen LogP contribution < -0.4 is 0 Å². The Morgan fingerprint density at radius 3 is 2.77 bits per heavy atom. The highest BCUT2D eigenvalue weighted by molar-refractivity contribution is 9.11. The van der Waals surface area contributed by atoms with E-state index in [1.165, 1.54) is 0 Å². The summed E-state index contributed by atoms with van der Waals surface area (Å²) >= 11 is 3.37. The molecule has 0 heterocycles. The van der Waals surface area contributed by atoms with Gasteiger partial charge < -0.3 is 9.47 Å². The number of allylic oxidation sites excluding steroid dienone is 1. The van der Waals surface area contributed by atoms with Gasteiger partial charge in [0.2, 0.25) is 0 Å². The highest BCUT2D eigenvalue weighted by Gasteiger charge is 2.22.